The lowest BCUT2D eigenvalue weighted by Gasteiger charge is -2.07. The lowest BCUT2D eigenvalue weighted by atomic mass is 10.1. The van der Waals surface area contributed by atoms with Gasteiger partial charge in [-0.15, -0.1) is 0 Å². The van der Waals surface area contributed by atoms with Gasteiger partial charge in [-0.05, 0) is 30.8 Å². The molecule has 2 atom stereocenters. The molecule has 0 rings (SSSR count). The van der Waals surface area contributed by atoms with E-state index in [9.17, 15) is 14.4 Å². The number of aliphatic hydroxyl groups excluding tert-OH is 3. The molecular weight excluding hydrogens is 410 g/mol. The van der Waals surface area contributed by atoms with E-state index in [0.29, 0.717) is 18.8 Å². The summed E-state index contributed by atoms with van der Waals surface area (Å²) in [6.45, 7) is 2.89. The highest BCUT2D eigenvalue weighted by molar-refractivity contribution is 7.98. The lowest BCUT2D eigenvalue weighted by molar-refractivity contribution is -0.139. The summed E-state index contributed by atoms with van der Waals surface area (Å²) >= 11 is 1.60. The van der Waals surface area contributed by atoms with Crippen LogP contribution >= 0.6 is 11.8 Å². The summed E-state index contributed by atoms with van der Waals surface area (Å²) in [5.74, 6) is -1.62. The molecule has 0 saturated heterocycles. The number of thioether (sulfide) groups is 1. The number of nitrogens with two attached hydrogens (primary N) is 3. The van der Waals surface area contributed by atoms with Crippen LogP contribution in [0.4, 0.5) is 0 Å². The van der Waals surface area contributed by atoms with Crippen LogP contribution in [0.2, 0.25) is 0 Å². The van der Waals surface area contributed by atoms with E-state index in [-0.39, 0.29) is 19.8 Å². The second-order valence-electron chi connectivity index (χ2n) is 5.92. The van der Waals surface area contributed by atoms with Crippen molar-refractivity contribution in [2.45, 2.75) is 44.9 Å². The van der Waals surface area contributed by atoms with Gasteiger partial charge in [0, 0.05) is 0 Å². The highest BCUT2D eigenvalue weighted by Gasteiger charge is 2.12. The second kappa shape index (κ2) is 24.6. The minimum absolute atomic E-state index is 0.278. The van der Waals surface area contributed by atoms with Crippen molar-refractivity contribution in [1.82, 2.24) is 0 Å². The minimum atomic E-state index is -0.968. The van der Waals surface area contributed by atoms with Gasteiger partial charge in [0.05, 0.1) is 19.8 Å². The van der Waals surface area contributed by atoms with Crippen LogP contribution in [0.3, 0.4) is 0 Å². The van der Waals surface area contributed by atoms with E-state index in [2.05, 4.69) is 5.73 Å². The predicted molar refractivity (Wildman–Crippen MR) is 111 cm³/mol. The van der Waals surface area contributed by atoms with Crippen molar-refractivity contribution in [2.24, 2.45) is 23.1 Å². The molecule has 12 nitrogen and oxygen atoms in total. The standard InChI is InChI=1S/C6H13NO2.C5H11NO2S.C3H8O3.C2H5NO2/c1-4(2)3-5(7)6(8)9;1-9-3-2-4(6)5(7)8;4-1-3(6)2-5;3-1-2(4)5/h4-5H,3,7H2,1-2H3,(H,8,9);4H,2-3,6H2,1H3,(H,7,8);3-6H,1-2H2;1,3H2,(H,4,5)/t5-;4-;;/m00../s1. The Balaban J connectivity index is -0.000000148. The van der Waals surface area contributed by atoms with Crippen LogP contribution in [0.5, 0.6) is 0 Å². The molecule has 0 aliphatic carbocycles. The molecule has 0 aliphatic rings. The normalized spacial score (nSPS) is 11.7. The highest BCUT2D eigenvalue weighted by Crippen LogP contribution is 2.01. The smallest absolute Gasteiger partial charge is 0.320 e. The second-order valence-corrected chi connectivity index (χ2v) is 6.90. The first kappa shape index (κ1) is 35.0. The molecule has 0 aromatic rings. The Labute approximate surface area is 175 Å². The summed E-state index contributed by atoms with van der Waals surface area (Å²) < 4.78 is 0. The van der Waals surface area contributed by atoms with Crippen molar-refractivity contribution >= 4 is 29.7 Å². The average Bonchev–Trinajstić information content (AvgIpc) is 2.65. The predicted octanol–water partition coefficient (Wildman–Crippen LogP) is -2.04. The molecular formula is C16H37N3O9S. The van der Waals surface area contributed by atoms with Gasteiger partial charge in [-0.1, -0.05) is 13.8 Å². The number of carbonyl (C=O) groups is 3. The zero-order chi connectivity index (χ0) is 24.0. The Morgan fingerprint density at radius 3 is 1.45 bits per heavy atom. The third kappa shape index (κ3) is 37.9. The van der Waals surface area contributed by atoms with Gasteiger partial charge in [-0.25, -0.2) is 0 Å². The summed E-state index contributed by atoms with van der Waals surface area (Å²) in [6.07, 6.45) is 2.07. The van der Waals surface area contributed by atoms with Crippen LogP contribution in [-0.2, 0) is 14.4 Å². The molecule has 0 radical (unpaired) electrons. The van der Waals surface area contributed by atoms with Gasteiger partial charge in [0.1, 0.15) is 18.2 Å². The number of aliphatic hydroxyl groups is 3. The Morgan fingerprint density at radius 2 is 1.31 bits per heavy atom. The largest absolute Gasteiger partial charge is 0.480 e. The van der Waals surface area contributed by atoms with Gasteiger partial charge in [0.15, 0.2) is 0 Å². The van der Waals surface area contributed by atoms with Crippen molar-refractivity contribution in [3.63, 3.8) is 0 Å². The van der Waals surface area contributed by atoms with E-state index < -0.39 is 36.1 Å². The third-order valence-electron chi connectivity index (χ3n) is 2.59. The van der Waals surface area contributed by atoms with Gasteiger partial charge < -0.3 is 47.8 Å². The number of aliphatic carboxylic acids is 3. The van der Waals surface area contributed by atoms with Gasteiger partial charge in [-0.3, -0.25) is 14.4 Å². The Kier molecular flexibility index (Phi) is 29.6. The molecule has 29 heavy (non-hydrogen) atoms. The Morgan fingerprint density at radius 1 is 0.931 bits per heavy atom. The quantitative estimate of drug-likeness (QED) is 0.175. The van der Waals surface area contributed by atoms with Crippen LogP contribution in [0, 0.1) is 5.92 Å². The van der Waals surface area contributed by atoms with Crippen LogP contribution in [0.15, 0.2) is 0 Å². The van der Waals surface area contributed by atoms with Crippen LogP contribution in [-0.4, -0.2) is 98.5 Å². The molecule has 0 unspecified atom stereocenters. The van der Waals surface area contributed by atoms with Crippen molar-refractivity contribution in [3.05, 3.63) is 0 Å². The summed E-state index contributed by atoms with van der Waals surface area (Å²) in [6, 6.07) is -1.37. The van der Waals surface area contributed by atoms with E-state index in [1.807, 2.05) is 20.1 Å². The van der Waals surface area contributed by atoms with Gasteiger partial charge >= 0.3 is 17.9 Å². The van der Waals surface area contributed by atoms with Gasteiger partial charge in [-0.2, -0.15) is 11.8 Å². The van der Waals surface area contributed by atoms with Crippen molar-refractivity contribution < 1.29 is 45.0 Å². The number of carboxylic acids is 3. The van der Waals surface area contributed by atoms with E-state index in [4.69, 9.17) is 42.1 Å². The highest BCUT2D eigenvalue weighted by atomic mass is 32.2. The van der Waals surface area contributed by atoms with Crippen molar-refractivity contribution in [1.29, 1.82) is 0 Å². The number of hydrogen-bond donors (Lipinski definition) is 9. The molecule has 12 N–H and O–H groups in total. The number of hydrogen-bond acceptors (Lipinski definition) is 10. The van der Waals surface area contributed by atoms with Crippen LogP contribution in [0.1, 0.15) is 26.7 Å². The zero-order valence-corrected chi connectivity index (χ0v) is 17.9. The van der Waals surface area contributed by atoms with E-state index in [0.717, 1.165) is 5.75 Å². The lowest BCUT2D eigenvalue weighted by Crippen LogP contribution is -2.31. The Bertz CT molecular complexity index is 411. The zero-order valence-electron chi connectivity index (χ0n) is 17.1. The minimum Gasteiger partial charge on any atom is -0.480 e. The number of carboxylic acid groups (broad SMARTS) is 3. The fourth-order valence-electron chi connectivity index (χ4n) is 1.03. The molecule has 0 heterocycles. The summed E-state index contributed by atoms with van der Waals surface area (Å²) in [4.78, 5) is 29.4. The average molecular weight is 448 g/mol. The van der Waals surface area contributed by atoms with E-state index >= 15 is 0 Å². The summed E-state index contributed by atoms with van der Waals surface area (Å²) in [5, 5.41) is 48.2. The molecule has 176 valence electrons. The molecule has 0 fully saturated rings. The van der Waals surface area contributed by atoms with Crippen molar-refractivity contribution in [2.75, 3.05) is 31.8 Å². The van der Waals surface area contributed by atoms with Crippen LogP contribution < -0.4 is 17.2 Å². The van der Waals surface area contributed by atoms with Crippen LogP contribution in [0.25, 0.3) is 0 Å². The molecule has 0 amide bonds. The summed E-state index contributed by atoms with van der Waals surface area (Å²) in [7, 11) is 0. The first-order valence-electron chi connectivity index (χ1n) is 8.57. The molecule has 0 aliphatic heterocycles. The third-order valence-corrected chi connectivity index (χ3v) is 3.23. The molecule has 0 aromatic carbocycles. The maximum absolute atomic E-state index is 10.1. The Hall–Kier alpha value is -1.48. The number of rotatable bonds is 10. The SMILES string of the molecule is CC(C)C[C@H](N)C(=O)O.CSCC[C@H](N)C(=O)O.NCC(=O)O.OCC(O)CO. The van der Waals surface area contributed by atoms with E-state index in [1.165, 1.54) is 0 Å². The van der Waals surface area contributed by atoms with Crippen molar-refractivity contribution in [3.8, 4) is 0 Å². The molecule has 13 heteroatoms. The molecule has 0 bridgehead atoms. The fourth-order valence-corrected chi connectivity index (χ4v) is 1.52. The molecule has 0 spiro atoms. The maximum atomic E-state index is 10.1. The maximum Gasteiger partial charge on any atom is 0.320 e. The molecule has 0 saturated carbocycles. The van der Waals surface area contributed by atoms with E-state index in [1.54, 1.807) is 11.8 Å². The fraction of sp³-hybridized carbons (Fsp3) is 0.812. The first-order valence-corrected chi connectivity index (χ1v) is 9.97. The molecule has 0 aromatic heterocycles. The van der Waals surface area contributed by atoms with Gasteiger partial charge in [0.25, 0.3) is 0 Å². The summed E-state index contributed by atoms with van der Waals surface area (Å²) in [5.41, 5.74) is 15.0. The monoisotopic (exact) mass is 447 g/mol. The first-order chi connectivity index (χ1) is 13.3. The topological polar surface area (TPSA) is 251 Å². The van der Waals surface area contributed by atoms with Gasteiger partial charge in [0.2, 0.25) is 0 Å².